The maximum atomic E-state index is 11.0. The minimum absolute atomic E-state index is 0. The summed E-state index contributed by atoms with van der Waals surface area (Å²) < 4.78 is 65.9. The molecule has 1 aromatic carbocycles. The van der Waals surface area contributed by atoms with Crippen molar-refractivity contribution in [3.8, 4) is 0 Å². The summed E-state index contributed by atoms with van der Waals surface area (Å²) in [4.78, 5) is 6.63. The number of nitrogens with zero attached hydrogens (tertiary/aromatic N) is 1. The number of imidazole rings is 1. The maximum Gasteiger partial charge on any atom is 1.00 e. The van der Waals surface area contributed by atoms with E-state index in [0.717, 1.165) is 6.07 Å². The van der Waals surface area contributed by atoms with Crippen LogP contribution in [-0.4, -0.2) is 41.2 Å². The third-order valence-corrected chi connectivity index (χ3v) is 5.57. The van der Waals surface area contributed by atoms with Gasteiger partial charge in [-0.1, -0.05) is 6.92 Å². The second-order valence-electron chi connectivity index (χ2n) is 4.88. The van der Waals surface area contributed by atoms with Gasteiger partial charge in [-0.3, -0.25) is 0 Å². The summed E-state index contributed by atoms with van der Waals surface area (Å²) in [5.41, 5.74) is 0.824. The van der Waals surface area contributed by atoms with Crippen LogP contribution in [0.3, 0.4) is 0 Å². The summed E-state index contributed by atoms with van der Waals surface area (Å²) in [6.07, 6.45) is 0.563. The topological polar surface area (TPSA) is 143 Å². The first-order valence-electron chi connectivity index (χ1n) is 6.50. The van der Waals surface area contributed by atoms with Crippen molar-refractivity contribution in [3.63, 3.8) is 0 Å². The SMILES string of the molecule is CCC(CCc1nc2ccc(S(=O)(=O)[O-])cc2[nH]1)S(=O)(=O)[O-].[Na+].[Na+]. The van der Waals surface area contributed by atoms with Crippen LogP contribution in [0.2, 0.25) is 0 Å². The summed E-state index contributed by atoms with van der Waals surface area (Å²) >= 11 is 0. The molecule has 0 saturated carbocycles. The molecule has 1 heterocycles. The Balaban J connectivity index is 0.00000264. The Kier molecular flexibility index (Phi) is 9.65. The monoisotopic (exact) mass is 392 g/mol. The zero-order chi connectivity index (χ0) is 16.5. The molecule has 0 amide bonds. The predicted octanol–water partition coefficient (Wildman–Crippen LogP) is -5.27. The molecule has 0 aliphatic carbocycles. The van der Waals surface area contributed by atoms with Gasteiger partial charge < -0.3 is 14.1 Å². The van der Waals surface area contributed by atoms with Crippen LogP contribution >= 0.6 is 0 Å². The number of nitrogens with one attached hydrogen (secondary N) is 1. The van der Waals surface area contributed by atoms with Crippen LogP contribution in [-0.2, 0) is 26.7 Å². The van der Waals surface area contributed by atoms with Crippen molar-refractivity contribution in [2.24, 2.45) is 0 Å². The zero-order valence-electron chi connectivity index (χ0n) is 13.6. The molecule has 0 aliphatic heterocycles. The molecular formula is C12H14N2Na2O6S2. The van der Waals surface area contributed by atoms with Gasteiger partial charge in [-0.2, -0.15) is 0 Å². The van der Waals surface area contributed by atoms with Crippen LogP contribution in [0.4, 0.5) is 0 Å². The number of benzene rings is 1. The van der Waals surface area contributed by atoms with E-state index < -0.39 is 25.5 Å². The summed E-state index contributed by atoms with van der Waals surface area (Å²) in [7, 11) is -8.91. The Morgan fingerprint density at radius 3 is 2.29 bits per heavy atom. The molecule has 0 saturated heterocycles. The van der Waals surface area contributed by atoms with Crippen molar-refractivity contribution in [2.45, 2.75) is 36.3 Å². The zero-order valence-corrected chi connectivity index (χ0v) is 19.3. The molecule has 1 unspecified atom stereocenters. The Labute approximate surface area is 184 Å². The van der Waals surface area contributed by atoms with Gasteiger partial charge in [-0.15, -0.1) is 0 Å². The third kappa shape index (κ3) is 6.35. The Morgan fingerprint density at radius 1 is 1.17 bits per heavy atom. The number of fused-ring (bicyclic) bond motifs is 1. The standard InChI is InChI=1S/C12H16N2O6S2.2Na/c1-2-8(21(15,16)17)4-6-12-13-10-5-3-9(22(18,19)20)7-11(10)14-12;;/h3,5,7-8H,2,4,6H2,1H3,(H,13,14)(H,15,16,17)(H,18,19,20);;/q;2*+1/p-2. The number of hydrogen-bond acceptors (Lipinski definition) is 7. The van der Waals surface area contributed by atoms with Crippen molar-refractivity contribution in [2.75, 3.05) is 0 Å². The molecule has 1 atom stereocenters. The molecule has 2 aromatic rings. The second kappa shape index (κ2) is 9.45. The van der Waals surface area contributed by atoms with E-state index in [9.17, 15) is 25.9 Å². The van der Waals surface area contributed by atoms with Crippen LogP contribution in [0.25, 0.3) is 11.0 Å². The molecule has 0 fully saturated rings. The smallest absolute Gasteiger partial charge is 0.748 e. The van der Waals surface area contributed by atoms with Gasteiger partial charge in [0.15, 0.2) is 0 Å². The second-order valence-corrected chi connectivity index (χ2v) is 7.91. The molecule has 0 radical (unpaired) electrons. The number of hydrogen-bond donors (Lipinski definition) is 1. The van der Waals surface area contributed by atoms with Crippen molar-refractivity contribution >= 4 is 31.3 Å². The van der Waals surface area contributed by atoms with Crippen molar-refractivity contribution in [1.82, 2.24) is 9.97 Å². The van der Waals surface area contributed by atoms with Crippen LogP contribution in [0, 0.1) is 0 Å². The van der Waals surface area contributed by atoms with Gasteiger partial charge in [0.1, 0.15) is 15.9 Å². The Morgan fingerprint density at radius 2 is 1.79 bits per heavy atom. The average molecular weight is 392 g/mol. The maximum absolute atomic E-state index is 11.0. The van der Waals surface area contributed by atoms with Gasteiger partial charge in [0.2, 0.25) is 0 Å². The first-order chi connectivity index (χ1) is 10.1. The molecule has 1 aromatic heterocycles. The third-order valence-electron chi connectivity index (χ3n) is 3.36. The number of aromatic amines is 1. The van der Waals surface area contributed by atoms with Crippen LogP contribution in [0.1, 0.15) is 25.6 Å². The van der Waals surface area contributed by atoms with E-state index in [1.54, 1.807) is 6.92 Å². The quantitative estimate of drug-likeness (QED) is 0.382. The van der Waals surface area contributed by atoms with E-state index in [2.05, 4.69) is 9.97 Å². The van der Waals surface area contributed by atoms with E-state index in [1.807, 2.05) is 0 Å². The summed E-state index contributed by atoms with van der Waals surface area (Å²) in [5.74, 6) is 0.428. The van der Waals surface area contributed by atoms with Gasteiger partial charge in [0.05, 0.1) is 26.0 Å². The molecule has 0 spiro atoms. The number of aryl methyl sites for hydroxylation is 1. The minimum Gasteiger partial charge on any atom is -0.748 e. The van der Waals surface area contributed by atoms with Gasteiger partial charge in [0, 0.05) is 11.7 Å². The fourth-order valence-electron chi connectivity index (χ4n) is 2.17. The molecule has 0 aliphatic rings. The average Bonchev–Trinajstić information content (AvgIpc) is 2.78. The van der Waals surface area contributed by atoms with Crippen molar-refractivity contribution in [3.05, 3.63) is 24.0 Å². The van der Waals surface area contributed by atoms with E-state index in [1.165, 1.54) is 12.1 Å². The van der Waals surface area contributed by atoms with Gasteiger partial charge >= 0.3 is 59.1 Å². The minimum atomic E-state index is -4.55. The summed E-state index contributed by atoms with van der Waals surface area (Å²) in [6, 6.07) is 3.73. The molecule has 2 rings (SSSR count). The van der Waals surface area contributed by atoms with Gasteiger partial charge in [-0.25, -0.2) is 21.8 Å². The molecule has 122 valence electrons. The van der Waals surface area contributed by atoms with Gasteiger partial charge in [0.25, 0.3) is 0 Å². The van der Waals surface area contributed by atoms with E-state index in [4.69, 9.17) is 0 Å². The summed E-state index contributed by atoms with van der Waals surface area (Å²) in [5, 5.41) is -0.988. The molecule has 1 N–H and O–H groups in total. The van der Waals surface area contributed by atoms with Crippen LogP contribution < -0.4 is 59.1 Å². The van der Waals surface area contributed by atoms with Gasteiger partial charge in [-0.05, 0) is 31.0 Å². The number of rotatable bonds is 6. The first kappa shape index (κ1) is 24.5. The van der Waals surface area contributed by atoms with E-state index in [-0.39, 0.29) is 83.3 Å². The van der Waals surface area contributed by atoms with Crippen LogP contribution in [0.5, 0.6) is 0 Å². The predicted molar refractivity (Wildman–Crippen MR) is 76.2 cm³/mol. The molecule has 8 nitrogen and oxygen atoms in total. The first-order valence-corrected chi connectivity index (χ1v) is 9.38. The van der Waals surface area contributed by atoms with E-state index >= 15 is 0 Å². The Hall–Kier alpha value is 0.510. The fraction of sp³-hybridized carbons (Fsp3) is 0.417. The Bertz CT molecular complexity index is 895. The van der Waals surface area contributed by atoms with Crippen molar-refractivity contribution < 1.29 is 85.1 Å². The normalized spacial score (nSPS) is 13.1. The summed E-state index contributed by atoms with van der Waals surface area (Å²) in [6.45, 7) is 1.62. The van der Waals surface area contributed by atoms with Crippen molar-refractivity contribution in [1.29, 1.82) is 0 Å². The molecule has 24 heavy (non-hydrogen) atoms. The van der Waals surface area contributed by atoms with E-state index in [0.29, 0.717) is 16.9 Å². The molecule has 0 bridgehead atoms. The number of H-pyrrole nitrogens is 1. The van der Waals surface area contributed by atoms with Crippen LogP contribution in [0.15, 0.2) is 23.1 Å². The number of aromatic nitrogens is 2. The molecule has 12 heteroatoms. The molecular weight excluding hydrogens is 378 g/mol. The fourth-order valence-corrected chi connectivity index (χ4v) is 3.48. The largest absolute Gasteiger partial charge is 1.00 e.